The first-order chi connectivity index (χ1) is 21.3. The van der Waals surface area contributed by atoms with Crippen LogP contribution in [0.2, 0.25) is 0 Å². The van der Waals surface area contributed by atoms with E-state index in [-0.39, 0.29) is 12.1 Å². The number of nitrogens with one attached hydrogen (secondary N) is 1. The Morgan fingerprint density at radius 1 is 0.558 bits per heavy atom. The van der Waals surface area contributed by atoms with Gasteiger partial charge in [-0.05, 0) is 28.7 Å². The van der Waals surface area contributed by atoms with Gasteiger partial charge in [0.05, 0.1) is 39.1 Å². The summed E-state index contributed by atoms with van der Waals surface area (Å²) in [6, 6.07) is 40.7. The monoisotopic (exact) mass is 578 g/mol. The number of hydrogen-bond acceptors (Lipinski definition) is 5. The summed E-state index contributed by atoms with van der Waals surface area (Å²) >= 11 is 0. The molecule has 0 saturated carbocycles. The Kier molecular flexibility index (Phi) is 11.9. The van der Waals surface area contributed by atoms with E-state index in [4.69, 9.17) is 23.9 Å². The Morgan fingerprint density at radius 3 is 1.49 bits per heavy atom. The Balaban J connectivity index is 1.43. The molecule has 4 aromatic rings. The van der Waals surface area contributed by atoms with Gasteiger partial charge >= 0.3 is 0 Å². The first-order valence-electron chi connectivity index (χ1n) is 15.2. The minimum absolute atomic E-state index is 0.194. The molecule has 0 aromatic heterocycles. The van der Waals surface area contributed by atoms with Crippen LogP contribution in [0.15, 0.2) is 126 Å². The highest BCUT2D eigenvalue weighted by Gasteiger charge is 2.45. The van der Waals surface area contributed by atoms with Crippen LogP contribution < -0.4 is 5.32 Å². The molecular weight excluding hydrogens is 536 g/mol. The predicted octanol–water partition coefficient (Wildman–Crippen LogP) is 6.74. The van der Waals surface area contributed by atoms with Crippen molar-refractivity contribution in [2.75, 3.05) is 13.2 Å². The highest BCUT2D eigenvalue weighted by molar-refractivity contribution is 5.88. The lowest BCUT2D eigenvalue weighted by atomic mass is 9.94. The minimum atomic E-state index is -0.443. The summed E-state index contributed by atoms with van der Waals surface area (Å²) in [5.74, 6) is 0.781. The van der Waals surface area contributed by atoms with Crippen molar-refractivity contribution in [3.05, 3.63) is 144 Å². The molecule has 0 spiro atoms. The molecule has 1 aliphatic rings. The summed E-state index contributed by atoms with van der Waals surface area (Å²) in [6.45, 7) is 5.06. The van der Waals surface area contributed by atoms with Crippen molar-refractivity contribution < 1.29 is 18.9 Å². The van der Waals surface area contributed by atoms with Crippen molar-refractivity contribution in [1.82, 2.24) is 5.32 Å². The molecule has 1 saturated heterocycles. The van der Waals surface area contributed by atoms with Gasteiger partial charge in [-0.15, -0.1) is 0 Å². The van der Waals surface area contributed by atoms with Crippen LogP contribution in [0.4, 0.5) is 0 Å². The van der Waals surface area contributed by atoms with Crippen molar-refractivity contribution in [3.63, 3.8) is 0 Å². The number of hydrogen-bond donors (Lipinski definition) is 1. The first kappa shape index (κ1) is 30.6. The zero-order valence-corrected chi connectivity index (χ0v) is 24.9. The third-order valence-corrected chi connectivity index (χ3v) is 7.38. The summed E-state index contributed by atoms with van der Waals surface area (Å²) < 4.78 is 26.4. The lowest BCUT2D eigenvalue weighted by molar-refractivity contribution is -0.157. The highest BCUT2D eigenvalue weighted by atomic mass is 16.6. The van der Waals surface area contributed by atoms with Crippen LogP contribution in [-0.4, -0.2) is 43.3 Å². The fourth-order valence-electron chi connectivity index (χ4n) is 5.15. The average molecular weight is 579 g/mol. The second-order valence-corrected chi connectivity index (χ2v) is 10.8. The molecule has 0 unspecified atom stereocenters. The van der Waals surface area contributed by atoms with Gasteiger partial charge in [0.1, 0.15) is 24.1 Å². The molecule has 5 rings (SSSR count). The molecule has 0 amide bonds. The van der Waals surface area contributed by atoms with E-state index in [9.17, 15) is 0 Å². The van der Waals surface area contributed by atoms with E-state index < -0.39 is 12.2 Å². The maximum Gasteiger partial charge on any atom is 0.143 e. The lowest BCUT2D eigenvalue weighted by Crippen LogP contribution is -2.66. The fourth-order valence-corrected chi connectivity index (χ4v) is 5.15. The minimum Gasteiger partial charge on any atom is -0.375 e. The second-order valence-electron chi connectivity index (χ2n) is 10.8. The van der Waals surface area contributed by atoms with Gasteiger partial charge in [0, 0.05) is 6.54 Å². The van der Waals surface area contributed by atoms with Crippen LogP contribution in [-0.2, 0) is 45.4 Å². The molecular formula is C37H42N2O4. The van der Waals surface area contributed by atoms with Crippen LogP contribution >= 0.6 is 0 Å². The van der Waals surface area contributed by atoms with Crippen molar-refractivity contribution >= 4 is 5.84 Å². The molecule has 4 atom stereocenters. The van der Waals surface area contributed by atoms with E-state index in [1.807, 2.05) is 72.8 Å². The molecule has 0 bridgehead atoms. The number of nitrogens with zero attached hydrogens (tertiary/aromatic N) is 1. The lowest BCUT2D eigenvalue weighted by Gasteiger charge is -2.44. The number of rotatable bonds is 15. The van der Waals surface area contributed by atoms with Crippen LogP contribution in [0.25, 0.3) is 0 Å². The molecule has 1 fully saturated rings. The molecule has 1 N–H and O–H groups in total. The summed E-state index contributed by atoms with van der Waals surface area (Å²) in [4.78, 5) is 4.96. The Morgan fingerprint density at radius 2 is 1.00 bits per heavy atom. The smallest absolute Gasteiger partial charge is 0.143 e. The van der Waals surface area contributed by atoms with Crippen LogP contribution in [0.1, 0.15) is 35.6 Å². The van der Waals surface area contributed by atoms with Gasteiger partial charge in [-0.25, -0.2) is 0 Å². The fraction of sp³-hybridized carbons (Fsp3) is 0.324. The van der Waals surface area contributed by atoms with Gasteiger partial charge in [0.2, 0.25) is 0 Å². The Hall–Kier alpha value is -3.81. The van der Waals surface area contributed by atoms with E-state index in [0.29, 0.717) is 39.6 Å². The zero-order chi connectivity index (χ0) is 29.5. The predicted molar refractivity (Wildman–Crippen MR) is 171 cm³/mol. The number of ether oxygens (including phenoxy) is 4. The third kappa shape index (κ3) is 9.34. The van der Waals surface area contributed by atoms with Crippen molar-refractivity contribution in [3.8, 4) is 0 Å². The number of aliphatic imine (C=N–C) groups is 1. The normalized spacial score (nSPS) is 21.0. The van der Waals surface area contributed by atoms with Gasteiger partial charge in [-0.3, -0.25) is 4.99 Å². The average Bonchev–Trinajstić information content (AvgIpc) is 3.07. The summed E-state index contributed by atoms with van der Waals surface area (Å²) in [7, 11) is 0. The van der Waals surface area contributed by atoms with Crippen LogP contribution in [0.5, 0.6) is 0 Å². The highest BCUT2D eigenvalue weighted by Crippen LogP contribution is 2.26. The number of amidine groups is 1. The summed E-state index contributed by atoms with van der Waals surface area (Å²) in [5.41, 5.74) is 4.41. The maximum absolute atomic E-state index is 6.75. The van der Waals surface area contributed by atoms with Gasteiger partial charge in [-0.2, -0.15) is 0 Å². The molecule has 0 aliphatic carbocycles. The molecule has 224 valence electrons. The SMILES string of the molecule is CCCN=C1N[C@H](COCc2ccccc2)[C@@H](OCc2ccccc2)[C@H](OCc2ccccc2)[C@@H]1OCc1ccccc1. The van der Waals surface area contributed by atoms with Gasteiger partial charge in [-0.1, -0.05) is 128 Å². The van der Waals surface area contributed by atoms with Gasteiger partial charge < -0.3 is 24.3 Å². The molecule has 43 heavy (non-hydrogen) atoms. The topological polar surface area (TPSA) is 61.3 Å². The Bertz CT molecular complexity index is 1350. The van der Waals surface area contributed by atoms with Crippen molar-refractivity contribution in [2.24, 2.45) is 4.99 Å². The quantitative estimate of drug-likeness (QED) is 0.169. The van der Waals surface area contributed by atoms with Crippen molar-refractivity contribution in [2.45, 2.75) is 64.1 Å². The molecule has 6 nitrogen and oxygen atoms in total. The Labute approximate surface area is 255 Å². The molecule has 1 aliphatic heterocycles. The second kappa shape index (κ2) is 16.7. The van der Waals surface area contributed by atoms with Gasteiger partial charge in [0.25, 0.3) is 0 Å². The molecule has 1 heterocycles. The third-order valence-electron chi connectivity index (χ3n) is 7.38. The largest absolute Gasteiger partial charge is 0.375 e. The standard InChI is InChI=1S/C37H42N2O4/c1-2-23-38-37-36(43-27-32-21-13-6-14-22-32)35(42-26-31-19-11-5-12-20-31)34(41-25-30-17-9-4-10-18-30)33(39-37)28-40-24-29-15-7-3-8-16-29/h3-22,33-36H,2,23-28H2,1H3,(H,38,39)/t33-,34-,35+,36+/m1/s1. The van der Waals surface area contributed by atoms with Crippen LogP contribution in [0.3, 0.4) is 0 Å². The zero-order valence-electron chi connectivity index (χ0n) is 24.9. The van der Waals surface area contributed by atoms with E-state index in [2.05, 4.69) is 60.8 Å². The van der Waals surface area contributed by atoms with Crippen molar-refractivity contribution in [1.29, 1.82) is 0 Å². The van der Waals surface area contributed by atoms with E-state index >= 15 is 0 Å². The number of piperidine rings is 1. The molecule has 0 radical (unpaired) electrons. The van der Waals surface area contributed by atoms with Crippen LogP contribution in [0, 0.1) is 0 Å². The maximum atomic E-state index is 6.75. The van der Waals surface area contributed by atoms with E-state index in [1.165, 1.54) is 0 Å². The molecule has 6 heteroatoms. The van der Waals surface area contributed by atoms with E-state index in [1.54, 1.807) is 0 Å². The van der Waals surface area contributed by atoms with Gasteiger partial charge in [0.15, 0.2) is 0 Å². The molecule has 4 aromatic carbocycles. The first-order valence-corrected chi connectivity index (χ1v) is 15.2. The summed E-state index contributed by atoms with van der Waals surface area (Å²) in [5, 5.41) is 3.67. The van der Waals surface area contributed by atoms with E-state index in [0.717, 1.165) is 34.5 Å². The summed E-state index contributed by atoms with van der Waals surface area (Å²) in [6.07, 6.45) is -0.299. The number of benzene rings is 4.